The Bertz CT molecular complexity index is 331. The Hall–Kier alpha value is -1.06. The van der Waals surface area contributed by atoms with Gasteiger partial charge in [0, 0.05) is 32.7 Å². The number of hydrogen-bond acceptors (Lipinski definition) is 3. The number of nitrogens with one attached hydrogen (secondary N) is 1. The normalized spacial score (nSPS) is 18.0. The van der Waals surface area contributed by atoms with Crippen LogP contribution in [-0.4, -0.2) is 43.2 Å². The van der Waals surface area contributed by atoms with Gasteiger partial charge in [0.05, 0.1) is 0 Å². The maximum Gasteiger partial charge on any atom is 0.120 e. The smallest absolute Gasteiger partial charge is 0.120 e. The van der Waals surface area contributed by atoms with E-state index >= 15 is 0 Å². The van der Waals surface area contributed by atoms with Gasteiger partial charge in [-0.15, -0.1) is 0 Å². The van der Waals surface area contributed by atoms with E-state index in [1.54, 1.807) is 0 Å². The third-order valence-corrected chi connectivity index (χ3v) is 2.95. The molecule has 0 aliphatic carbocycles. The van der Waals surface area contributed by atoms with Crippen LogP contribution in [0.15, 0.2) is 30.3 Å². The van der Waals surface area contributed by atoms with Crippen LogP contribution in [0.3, 0.4) is 0 Å². The Morgan fingerprint density at radius 3 is 2.47 bits per heavy atom. The molecule has 1 aromatic carbocycles. The molecule has 1 fully saturated rings. The lowest BCUT2D eigenvalue weighted by Gasteiger charge is -2.35. The molecule has 0 radical (unpaired) electrons. The van der Waals surface area contributed by atoms with E-state index in [1.165, 1.54) is 0 Å². The lowest BCUT2D eigenvalue weighted by atomic mass is 10.1. The molecule has 94 valence electrons. The fourth-order valence-corrected chi connectivity index (χ4v) is 2.25. The van der Waals surface area contributed by atoms with E-state index in [2.05, 4.69) is 24.1 Å². The SMILES string of the molecule is CC(C)(CN1CCNCC1)Oc1ccccc1. The molecule has 0 unspecified atom stereocenters. The predicted molar refractivity (Wildman–Crippen MR) is 70.5 cm³/mol. The maximum atomic E-state index is 6.04. The van der Waals surface area contributed by atoms with Crippen LogP contribution in [-0.2, 0) is 0 Å². The van der Waals surface area contributed by atoms with Crippen LogP contribution in [0.4, 0.5) is 0 Å². The average molecular weight is 234 g/mol. The first-order chi connectivity index (χ1) is 8.16. The summed E-state index contributed by atoms with van der Waals surface area (Å²) < 4.78 is 6.04. The van der Waals surface area contributed by atoms with Crippen LogP contribution in [0, 0.1) is 0 Å². The summed E-state index contributed by atoms with van der Waals surface area (Å²) >= 11 is 0. The molecule has 3 heteroatoms. The van der Waals surface area contributed by atoms with Gasteiger partial charge in [0.1, 0.15) is 11.4 Å². The Kier molecular flexibility index (Phi) is 4.02. The van der Waals surface area contributed by atoms with E-state index in [0.717, 1.165) is 38.5 Å². The minimum atomic E-state index is -0.140. The van der Waals surface area contributed by atoms with Crippen molar-refractivity contribution in [2.75, 3.05) is 32.7 Å². The number of piperazine rings is 1. The topological polar surface area (TPSA) is 24.5 Å². The summed E-state index contributed by atoms with van der Waals surface area (Å²) in [4.78, 5) is 2.46. The molecule has 1 saturated heterocycles. The van der Waals surface area contributed by atoms with Crippen molar-refractivity contribution >= 4 is 0 Å². The number of rotatable bonds is 4. The van der Waals surface area contributed by atoms with Crippen molar-refractivity contribution in [3.8, 4) is 5.75 Å². The standard InChI is InChI=1S/C14H22N2O/c1-14(2,12-16-10-8-15-9-11-16)17-13-6-4-3-5-7-13/h3-7,15H,8-12H2,1-2H3. The van der Waals surface area contributed by atoms with Gasteiger partial charge in [0.25, 0.3) is 0 Å². The molecular weight excluding hydrogens is 212 g/mol. The van der Waals surface area contributed by atoms with E-state index < -0.39 is 0 Å². The molecule has 1 aliphatic rings. The average Bonchev–Trinajstić information content (AvgIpc) is 2.30. The van der Waals surface area contributed by atoms with Crippen molar-refractivity contribution < 1.29 is 4.74 Å². The first-order valence-corrected chi connectivity index (χ1v) is 6.33. The van der Waals surface area contributed by atoms with Gasteiger partial charge in [-0.2, -0.15) is 0 Å². The number of hydrogen-bond donors (Lipinski definition) is 1. The van der Waals surface area contributed by atoms with E-state index in [-0.39, 0.29) is 5.60 Å². The molecule has 0 saturated carbocycles. The van der Waals surface area contributed by atoms with Gasteiger partial charge in [-0.25, -0.2) is 0 Å². The van der Waals surface area contributed by atoms with Gasteiger partial charge in [0.15, 0.2) is 0 Å². The van der Waals surface area contributed by atoms with Crippen molar-refractivity contribution in [2.45, 2.75) is 19.4 Å². The number of ether oxygens (including phenoxy) is 1. The summed E-state index contributed by atoms with van der Waals surface area (Å²) in [7, 11) is 0. The molecule has 1 aliphatic heterocycles. The quantitative estimate of drug-likeness (QED) is 0.859. The van der Waals surface area contributed by atoms with Crippen LogP contribution in [0.1, 0.15) is 13.8 Å². The fourth-order valence-electron chi connectivity index (χ4n) is 2.25. The zero-order valence-corrected chi connectivity index (χ0v) is 10.8. The van der Waals surface area contributed by atoms with Crippen LogP contribution < -0.4 is 10.1 Å². The summed E-state index contributed by atoms with van der Waals surface area (Å²) in [5, 5.41) is 3.37. The zero-order valence-electron chi connectivity index (χ0n) is 10.8. The van der Waals surface area contributed by atoms with Gasteiger partial charge < -0.3 is 10.1 Å². The summed E-state index contributed by atoms with van der Waals surface area (Å²) in [6.45, 7) is 9.68. The van der Waals surface area contributed by atoms with Gasteiger partial charge in [-0.1, -0.05) is 18.2 Å². The highest BCUT2D eigenvalue weighted by molar-refractivity contribution is 5.21. The second kappa shape index (κ2) is 5.52. The number of benzene rings is 1. The predicted octanol–water partition coefficient (Wildman–Crippen LogP) is 1.75. The highest BCUT2D eigenvalue weighted by Crippen LogP contribution is 2.18. The first-order valence-electron chi connectivity index (χ1n) is 6.33. The minimum Gasteiger partial charge on any atom is -0.487 e. The molecule has 0 spiro atoms. The third kappa shape index (κ3) is 4.02. The van der Waals surface area contributed by atoms with Crippen molar-refractivity contribution in [1.29, 1.82) is 0 Å². The second-order valence-corrected chi connectivity index (χ2v) is 5.20. The monoisotopic (exact) mass is 234 g/mol. The molecule has 1 aromatic rings. The van der Waals surface area contributed by atoms with E-state index in [1.807, 2.05) is 30.3 Å². The summed E-state index contributed by atoms with van der Waals surface area (Å²) in [6, 6.07) is 10.1. The molecule has 0 aromatic heterocycles. The highest BCUT2D eigenvalue weighted by atomic mass is 16.5. The van der Waals surface area contributed by atoms with Crippen LogP contribution in [0.2, 0.25) is 0 Å². The Labute approximate surface area is 104 Å². The number of nitrogens with zero attached hydrogens (tertiary/aromatic N) is 1. The molecule has 17 heavy (non-hydrogen) atoms. The Morgan fingerprint density at radius 2 is 1.82 bits per heavy atom. The second-order valence-electron chi connectivity index (χ2n) is 5.20. The highest BCUT2D eigenvalue weighted by Gasteiger charge is 2.24. The Morgan fingerprint density at radius 1 is 1.18 bits per heavy atom. The molecule has 0 bridgehead atoms. The summed E-state index contributed by atoms with van der Waals surface area (Å²) in [5.74, 6) is 0.952. The summed E-state index contributed by atoms with van der Waals surface area (Å²) in [5.41, 5.74) is -0.140. The van der Waals surface area contributed by atoms with Crippen molar-refractivity contribution in [3.05, 3.63) is 30.3 Å². The Balaban J connectivity index is 1.89. The van der Waals surface area contributed by atoms with Gasteiger partial charge in [0.2, 0.25) is 0 Å². The van der Waals surface area contributed by atoms with Gasteiger partial charge >= 0.3 is 0 Å². The fraction of sp³-hybridized carbons (Fsp3) is 0.571. The lowest BCUT2D eigenvalue weighted by Crippen LogP contribution is -2.50. The van der Waals surface area contributed by atoms with Crippen molar-refractivity contribution in [2.24, 2.45) is 0 Å². The van der Waals surface area contributed by atoms with E-state index in [4.69, 9.17) is 4.74 Å². The first kappa shape index (κ1) is 12.4. The zero-order chi connectivity index (χ0) is 12.1. The largest absolute Gasteiger partial charge is 0.487 e. The molecule has 3 nitrogen and oxygen atoms in total. The van der Waals surface area contributed by atoms with Crippen LogP contribution in [0.5, 0.6) is 5.75 Å². The third-order valence-electron chi connectivity index (χ3n) is 2.95. The molecule has 2 rings (SSSR count). The van der Waals surface area contributed by atoms with Crippen molar-refractivity contribution in [3.63, 3.8) is 0 Å². The lowest BCUT2D eigenvalue weighted by molar-refractivity contribution is 0.0548. The minimum absolute atomic E-state index is 0.140. The molecule has 1 heterocycles. The molecule has 0 amide bonds. The van der Waals surface area contributed by atoms with Crippen LogP contribution in [0.25, 0.3) is 0 Å². The van der Waals surface area contributed by atoms with Crippen molar-refractivity contribution in [1.82, 2.24) is 10.2 Å². The van der Waals surface area contributed by atoms with E-state index in [9.17, 15) is 0 Å². The van der Waals surface area contributed by atoms with Crippen LogP contribution >= 0.6 is 0 Å². The summed E-state index contributed by atoms with van der Waals surface area (Å²) in [6.07, 6.45) is 0. The maximum absolute atomic E-state index is 6.04. The number of para-hydroxylation sites is 1. The molecule has 1 N–H and O–H groups in total. The van der Waals surface area contributed by atoms with Gasteiger partial charge in [-0.3, -0.25) is 4.90 Å². The molecular formula is C14H22N2O. The molecule has 0 atom stereocenters. The van der Waals surface area contributed by atoms with E-state index in [0.29, 0.717) is 0 Å². The van der Waals surface area contributed by atoms with Gasteiger partial charge in [-0.05, 0) is 26.0 Å².